The van der Waals surface area contributed by atoms with Crippen LogP contribution in [0.15, 0.2) is 30.5 Å². The zero-order valence-corrected chi connectivity index (χ0v) is 11.3. The molecule has 1 atom stereocenters. The first-order valence-corrected chi connectivity index (χ1v) is 6.50. The van der Waals surface area contributed by atoms with Crippen LogP contribution in [0.4, 0.5) is 0 Å². The minimum Gasteiger partial charge on any atom is -0.467 e. The Morgan fingerprint density at radius 2 is 2.21 bits per heavy atom. The Balaban J connectivity index is 2.12. The van der Waals surface area contributed by atoms with E-state index in [0.29, 0.717) is 13.0 Å². The van der Waals surface area contributed by atoms with Gasteiger partial charge < -0.3 is 14.5 Å². The standard InChI is InChI=1S/C15H19NO3/c1-3-8-19-14(15(17)18-2)10-11-4-5-13-12(9-11)6-7-16-13/h4-7,9,14,16H,3,8,10H2,1-2H3/t14-/m1/s1. The van der Waals surface area contributed by atoms with Gasteiger partial charge in [0.1, 0.15) is 0 Å². The van der Waals surface area contributed by atoms with Crippen LogP contribution in [0.2, 0.25) is 0 Å². The third kappa shape index (κ3) is 3.35. The molecule has 0 aliphatic carbocycles. The van der Waals surface area contributed by atoms with Crippen LogP contribution in [0.1, 0.15) is 18.9 Å². The number of benzene rings is 1. The maximum absolute atomic E-state index is 11.7. The molecule has 0 bridgehead atoms. The lowest BCUT2D eigenvalue weighted by Crippen LogP contribution is -2.28. The van der Waals surface area contributed by atoms with Gasteiger partial charge in [0.15, 0.2) is 6.10 Å². The van der Waals surface area contributed by atoms with E-state index in [0.717, 1.165) is 22.9 Å². The molecule has 0 aliphatic rings. The van der Waals surface area contributed by atoms with Crippen molar-refractivity contribution in [2.45, 2.75) is 25.9 Å². The molecule has 2 rings (SSSR count). The zero-order chi connectivity index (χ0) is 13.7. The van der Waals surface area contributed by atoms with E-state index in [1.807, 2.05) is 31.3 Å². The molecule has 19 heavy (non-hydrogen) atoms. The third-order valence-corrected chi connectivity index (χ3v) is 3.03. The van der Waals surface area contributed by atoms with Gasteiger partial charge >= 0.3 is 5.97 Å². The number of hydrogen-bond donors (Lipinski definition) is 1. The maximum Gasteiger partial charge on any atom is 0.335 e. The number of ether oxygens (including phenoxy) is 2. The summed E-state index contributed by atoms with van der Waals surface area (Å²) >= 11 is 0. The summed E-state index contributed by atoms with van der Waals surface area (Å²) in [5, 5.41) is 1.14. The Bertz CT molecular complexity index is 547. The summed E-state index contributed by atoms with van der Waals surface area (Å²) in [6.07, 6.45) is 2.79. The van der Waals surface area contributed by atoms with Gasteiger partial charge in [-0.05, 0) is 35.6 Å². The fraction of sp³-hybridized carbons (Fsp3) is 0.400. The number of aromatic amines is 1. The number of methoxy groups -OCH3 is 1. The van der Waals surface area contributed by atoms with Crippen LogP contribution < -0.4 is 0 Å². The van der Waals surface area contributed by atoms with E-state index < -0.39 is 6.10 Å². The largest absolute Gasteiger partial charge is 0.467 e. The number of rotatable bonds is 6. The average Bonchev–Trinajstić information content (AvgIpc) is 2.90. The lowest BCUT2D eigenvalue weighted by atomic mass is 10.1. The number of carbonyl (C=O) groups excluding carboxylic acids is 1. The molecule has 4 heteroatoms. The molecular formula is C15H19NO3. The summed E-state index contributed by atoms with van der Waals surface area (Å²) in [6, 6.07) is 8.10. The van der Waals surface area contributed by atoms with Gasteiger partial charge in [-0.2, -0.15) is 0 Å². The fourth-order valence-corrected chi connectivity index (χ4v) is 2.05. The van der Waals surface area contributed by atoms with Gasteiger partial charge in [-0.15, -0.1) is 0 Å². The van der Waals surface area contributed by atoms with Gasteiger partial charge in [-0.25, -0.2) is 4.79 Å². The van der Waals surface area contributed by atoms with Crippen molar-refractivity contribution in [1.82, 2.24) is 4.98 Å². The molecule has 4 nitrogen and oxygen atoms in total. The molecule has 1 heterocycles. The lowest BCUT2D eigenvalue weighted by molar-refractivity contribution is -0.154. The predicted molar refractivity (Wildman–Crippen MR) is 74.0 cm³/mol. The zero-order valence-electron chi connectivity index (χ0n) is 11.3. The molecule has 0 spiro atoms. The minimum atomic E-state index is -0.527. The molecular weight excluding hydrogens is 242 g/mol. The van der Waals surface area contributed by atoms with Gasteiger partial charge in [-0.3, -0.25) is 0 Å². The minimum absolute atomic E-state index is 0.317. The van der Waals surface area contributed by atoms with Crippen LogP contribution in [0.5, 0.6) is 0 Å². The molecule has 0 aliphatic heterocycles. The summed E-state index contributed by atoms with van der Waals surface area (Å²) in [7, 11) is 1.39. The van der Waals surface area contributed by atoms with Gasteiger partial charge in [0.2, 0.25) is 0 Å². The molecule has 1 aromatic heterocycles. The van der Waals surface area contributed by atoms with Gasteiger partial charge in [0.05, 0.1) is 7.11 Å². The van der Waals surface area contributed by atoms with Crippen molar-refractivity contribution in [1.29, 1.82) is 0 Å². The van der Waals surface area contributed by atoms with E-state index in [-0.39, 0.29) is 5.97 Å². The molecule has 102 valence electrons. The highest BCUT2D eigenvalue weighted by Gasteiger charge is 2.20. The van der Waals surface area contributed by atoms with Gasteiger partial charge in [-0.1, -0.05) is 13.0 Å². The van der Waals surface area contributed by atoms with Crippen LogP contribution >= 0.6 is 0 Å². The quantitative estimate of drug-likeness (QED) is 0.813. The Labute approximate surface area is 112 Å². The number of nitrogens with one attached hydrogen (secondary N) is 1. The smallest absolute Gasteiger partial charge is 0.335 e. The van der Waals surface area contributed by atoms with Crippen molar-refractivity contribution < 1.29 is 14.3 Å². The fourth-order valence-electron chi connectivity index (χ4n) is 2.05. The molecule has 0 amide bonds. The highest BCUT2D eigenvalue weighted by Crippen LogP contribution is 2.16. The van der Waals surface area contributed by atoms with E-state index in [4.69, 9.17) is 9.47 Å². The van der Waals surface area contributed by atoms with Crippen LogP contribution in [-0.4, -0.2) is 30.8 Å². The van der Waals surface area contributed by atoms with Crippen molar-refractivity contribution in [3.05, 3.63) is 36.0 Å². The number of carbonyl (C=O) groups is 1. The Morgan fingerprint density at radius 3 is 2.95 bits per heavy atom. The Morgan fingerprint density at radius 1 is 1.37 bits per heavy atom. The number of aromatic nitrogens is 1. The van der Waals surface area contributed by atoms with Crippen LogP contribution in [0.25, 0.3) is 10.9 Å². The van der Waals surface area contributed by atoms with Gasteiger partial charge in [0, 0.05) is 24.7 Å². The summed E-state index contributed by atoms with van der Waals surface area (Å²) in [5.74, 6) is -0.317. The second kappa shape index (κ2) is 6.38. The highest BCUT2D eigenvalue weighted by atomic mass is 16.6. The van der Waals surface area contributed by atoms with Gasteiger partial charge in [0.25, 0.3) is 0 Å². The van der Waals surface area contributed by atoms with Crippen molar-refractivity contribution in [3.8, 4) is 0 Å². The maximum atomic E-state index is 11.7. The summed E-state index contributed by atoms with van der Waals surface area (Å²) in [5.41, 5.74) is 2.16. The van der Waals surface area contributed by atoms with Crippen LogP contribution in [-0.2, 0) is 20.7 Å². The normalized spacial score (nSPS) is 12.5. The van der Waals surface area contributed by atoms with E-state index in [1.54, 1.807) is 0 Å². The first kappa shape index (κ1) is 13.6. The summed E-state index contributed by atoms with van der Waals surface area (Å²) < 4.78 is 10.3. The lowest BCUT2D eigenvalue weighted by Gasteiger charge is -2.15. The molecule has 1 N–H and O–H groups in total. The number of H-pyrrole nitrogens is 1. The molecule has 0 saturated carbocycles. The monoisotopic (exact) mass is 261 g/mol. The predicted octanol–water partition coefficient (Wildman–Crippen LogP) is 2.68. The molecule has 0 fully saturated rings. The second-order valence-electron chi connectivity index (χ2n) is 4.49. The Kier molecular flexibility index (Phi) is 4.58. The van der Waals surface area contributed by atoms with E-state index in [9.17, 15) is 4.79 Å². The second-order valence-corrected chi connectivity index (χ2v) is 4.49. The van der Waals surface area contributed by atoms with E-state index >= 15 is 0 Å². The SMILES string of the molecule is CCCO[C@H](Cc1ccc2[nH]ccc2c1)C(=O)OC. The topological polar surface area (TPSA) is 51.3 Å². The Hall–Kier alpha value is -1.81. The molecule has 0 radical (unpaired) electrons. The van der Waals surface area contributed by atoms with Crippen molar-refractivity contribution >= 4 is 16.9 Å². The van der Waals surface area contributed by atoms with E-state index in [2.05, 4.69) is 11.1 Å². The van der Waals surface area contributed by atoms with Crippen molar-refractivity contribution in [3.63, 3.8) is 0 Å². The van der Waals surface area contributed by atoms with Crippen LogP contribution in [0.3, 0.4) is 0 Å². The molecule has 0 saturated heterocycles. The summed E-state index contributed by atoms with van der Waals surface area (Å²) in [6.45, 7) is 2.58. The molecule has 2 aromatic rings. The number of esters is 1. The first-order valence-electron chi connectivity index (χ1n) is 6.50. The van der Waals surface area contributed by atoms with Crippen LogP contribution in [0, 0.1) is 0 Å². The number of hydrogen-bond acceptors (Lipinski definition) is 3. The first-order chi connectivity index (χ1) is 9.24. The summed E-state index contributed by atoms with van der Waals surface area (Å²) in [4.78, 5) is 14.8. The molecule has 0 unspecified atom stereocenters. The van der Waals surface area contributed by atoms with Crippen molar-refractivity contribution in [2.75, 3.05) is 13.7 Å². The molecule has 1 aromatic carbocycles. The number of fused-ring (bicyclic) bond motifs is 1. The average molecular weight is 261 g/mol. The third-order valence-electron chi connectivity index (χ3n) is 3.03. The van der Waals surface area contributed by atoms with E-state index in [1.165, 1.54) is 7.11 Å². The highest BCUT2D eigenvalue weighted by molar-refractivity contribution is 5.80. The van der Waals surface area contributed by atoms with Crippen molar-refractivity contribution in [2.24, 2.45) is 0 Å².